The van der Waals surface area contributed by atoms with E-state index in [1.54, 1.807) is 0 Å². The van der Waals surface area contributed by atoms with Crippen LogP contribution in [0, 0.1) is 5.92 Å². The summed E-state index contributed by atoms with van der Waals surface area (Å²) < 4.78 is 0. The van der Waals surface area contributed by atoms with Gasteiger partial charge in [-0.3, -0.25) is 4.79 Å². The lowest BCUT2D eigenvalue weighted by Crippen LogP contribution is -2.38. The van der Waals surface area contributed by atoms with E-state index in [0.29, 0.717) is 6.42 Å². The third-order valence-corrected chi connectivity index (χ3v) is 2.54. The third-order valence-electron chi connectivity index (χ3n) is 2.54. The lowest BCUT2D eigenvalue weighted by Gasteiger charge is -2.19. The zero-order valence-electron chi connectivity index (χ0n) is 9.67. The van der Waals surface area contributed by atoms with Crippen molar-refractivity contribution in [1.29, 1.82) is 0 Å². The number of hydrogen-bond acceptors (Lipinski definition) is 2. The van der Waals surface area contributed by atoms with E-state index in [0.717, 1.165) is 5.56 Å². The number of primary amides is 1. The molecular formula is C12H16N2O3. The Balaban J connectivity index is 2.67. The van der Waals surface area contributed by atoms with Gasteiger partial charge in [-0.1, -0.05) is 30.3 Å². The fourth-order valence-electron chi connectivity index (χ4n) is 1.55. The molecule has 1 unspecified atom stereocenters. The van der Waals surface area contributed by atoms with Crippen molar-refractivity contribution in [1.82, 2.24) is 4.90 Å². The maximum atomic E-state index is 11.1. The summed E-state index contributed by atoms with van der Waals surface area (Å²) in [6.07, 6.45) is 0.383. The first-order valence-corrected chi connectivity index (χ1v) is 5.28. The molecule has 17 heavy (non-hydrogen) atoms. The fraction of sp³-hybridized carbons (Fsp3) is 0.333. The average molecular weight is 236 g/mol. The zero-order chi connectivity index (χ0) is 12.8. The number of hydrogen-bond donors (Lipinski definition) is 2. The second kappa shape index (κ2) is 5.89. The summed E-state index contributed by atoms with van der Waals surface area (Å²) in [4.78, 5) is 23.2. The van der Waals surface area contributed by atoms with Crippen molar-refractivity contribution in [2.45, 2.75) is 6.42 Å². The highest BCUT2D eigenvalue weighted by atomic mass is 16.4. The van der Waals surface area contributed by atoms with Crippen molar-refractivity contribution >= 4 is 12.0 Å². The molecule has 0 bridgehead atoms. The predicted molar refractivity (Wildman–Crippen MR) is 63.5 cm³/mol. The van der Waals surface area contributed by atoms with E-state index in [1.165, 1.54) is 11.9 Å². The summed E-state index contributed by atoms with van der Waals surface area (Å²) in [7, 11) is 1.49. The quantitative estimate of drug-likeness (QED) is 0.798. The Morgan fingerprint density at radius 2 is 1.94 bits per heavy atom. The van der Waals surface area contributed by atoms with E-state index in [2.05, 4.69) is 0 Å². The van der Waals surface area contributed by atoms with Crippen molar-refractivity contribution in [3.05, 3.63) is 35.9 Å². The van der Waals surface area contributed by atoms with Crippen LogP contribution in [0.3, 0.4) is 0 Å². The zero-order valence-corrected chi connectivity index (χ0v) is 9.67. The molecule has 0 aliphatic heterocycles. The number of urea groups is 1. The van der Waals surface area contributed by atoms with Crippen LogP contribution in [0.15, 0.2) is 30.3 Å². The number of amides is 2. The third kappa shape index (κ3) is 4.14. The highest BCUT2D eigenvalue weighted by Gasteiger charge is 2.21. The van der Waals surface area contributed by atoms with Crippen LogP contribution < -0.4 is 5.73 Å². The molecule has 0 aliphatic carbocycles. The van der Waals surface area contributed by atoms with E-state index in [9.17, 15) is 9.59 Å². The summed E-state index contributed by atoms with van der Waals surface area (Å²) in [6, 6.07) is 8.68. The van der Waals surface area contributed by atoms with Crippen molar-refractivity contribution in [2.24, 2.45) is 11.7 Å². The summed E-state index contributed by atoms with van der Waals surface area (Å²) in [5.41, 5.74) is 6.00. The first-order valence-electron chi connectivity index (χ1n) is 5.28. The SMILES string of the molecule is CN(CC(Cc1ccccc1)C(=O)O)C(N)=O. The van der Waals surface area contributed by atoms with Crippen molar-refractivity contribution in [3.8, 4) is 0 Å². The van der Waals surface area contributed by atoms with Gasteiger partial charge in [0.2, 0.25) is 0 Å². The molecule has 0 saturated carbocycles. The molecule has 92 valence electrons. The fourth-order valence-corrected chi connectivity index (χ4v) is 1.55. The number of benzene rings is 1. The first-order chi connectivity index (χ1) is 8.00. The topological polar surface area (TPSA) is 83.6 Å². The highest BCUT2D eigenvalue weighted by Crippen LogP contribution is 2.10. The van der Waals surface area contributed by atoms with Crippen LogP contribution in [-0.2, 0) is 11.2 Å². The van der Waals surface area contributed by atoms with E-state index < -0.39 is 17.9 Å². The van der Waals surface area contributed by atoms with Crippen LogP contribution >= 0.6 is 0 Å². The maximum absolute atomic E-state index is 11.1. The predicted octanol–water partition coefficient (Wildman–Crippen LogP) is 0.940. The molecular weight excluding hydrogens is 220 g/mol. The maximum Gasteiger partial charge on any atom is 0.314 e. The summed E-state index contributed by atoms with van der Waals surface area (Å²) in [6.45, 7) is 0.111. The molecule has 0 radical (unpaired) electrons. The van der Waals surface area contributed by atoms with Gasteiger partial charge in [0.05, 0.1) is 5.92 Å². The van der Waals surface area contributed by atoms with Crippen molar-refractivity contribution in [2.75, 3.05) is 13.6 Å². The molecule has 1 rings (SSSR count). The van der Waals surface area contributed by atoms with E-state index in [1.807, 2.05) is 30.3 Å². The minimum absolute atomic E-state index is 0.111. The molecule has 1 aromatic rings. The summed E-state index contributed by atoms with van der Waals surface area (Å²) in [5, 5.41) is 9.09. The van der Waals surface area contributed by atoms with Gasteiger partial charge in [0.25, 0.3) is 0 Å². The van der Waals surface area contributed by atoms with Gasteiger partial charge in [0.15, 0.2) is 0 Å². The first kappa shape index (κ1) is 13.0. The van der Waals surface area contributed by atoms with E-state index in [4.69, 9.17) is 10.8 Å². The number of nitrogens with zero attached hydrogens (tertiary/aromatic N) is 1. The lowest BCUT2D eigenvalue weighted by atomic mass is 9.99. The second-order valence-electron chi connectivity index (χ2n) is 3.94. The minimum atomic E-state index is -0.929. The molecule has 5 nitrogen and oxygen atoms in total. The Hall–Kier alpha value is -2.04. The Kier molecular flexibility index (Phi) is 4.51. The van der Waals surface area contributed by atoms with Gasteiger partial charge in [0.1, 0.15) is 0 Å². The van der Waals surface area contributed by atoms with Crippen LogP contribution in [-0.4, -0.2) is 35.6 Å². The van der Waals surface area contributed by atoms with Crippen LogP contribution in [0.25, 0.3) is 0 Å². The van der Waals surface area contributed by atoms with Gasteiger partial charge >= 0.3 is 12.0 Å². The summed E-state index contributed by atoms with van der Waals surface area (Å²) >= 11 is 0. The van der Waals surface area contributed by atoms with Crippen LogP contribution in [0.1, 0.15) is 5.56 Å². The lowest BCUT2D eigenvalue weighted by molar-refractivity contribution is -0.142. The molecule has 0 heterocycles. The molecule has 0 spiro atoms. The number of aliphatic carboxylic acids is 1. The largest absolute Gasteiger partial charge is 0.481 e. The number of rotatable bonds is 5. The molecule has 0 fully saturated rings. The molecule has 5 heteroatoms. The molecule has 2 amide bonds. The minimum Gasteiger partial charge on any atom is -0.481 e. The molecule has 1 atom stereocenters. The average Bonchev–Trinajstić information content (AvgIpc) is 2.29. The van der Waals surface area contributed by atoms with Crippen LogP contribution in [0.5, 0.6) is 0 Å². The second-order valence-corrected chi connectivity index (χ2v) is 3.94. The van der Waals surface area contributed by atoms with Crippen LogP contribution in [0.4, 0.5) is 4.79 Å². The van der Waals surface area contributed by atoms with Gasteiger partial charge in [-0.2, -0.15) is 0 Å². The van der Waals surface area contributed by atoms with Gasteiger partial charge in [-0.05, 0) is 12.0 Å². The highest BCUT2D eigenvalue weighted by molar-refractivity contribution is 5.74. The van der Waals surface area contributed by atoms with Gasteiger partial charge in [-0.25, -0.2) is 4.79 Å². The Morgan fingerprint density at radius 3 is 2.41 bits per heavy atom. The molecule has 0 aromatic heterocycles. The Labute approximate surface area is 99.8 Å². The molecule has 1 aromatic carbocycles. The number of carbonyl (C=O) groups is 2. The Morgan fingerprint density at radius 1 is 1.35 bits per heavy atom. The molecule has 3 N–H and O–H groups in total. The number of carboxylic acids is 1. The van der Waals surface area contributed by atoms with Gasteiger partial charge in [-0.15, -0.1) is 0 Å². The molecule has 0 aliphatic rings. The number of carbonyl (C=O) groups excluding carboxylic acids is 1. The normalized spacial score (nSPS) is 11.8. The standard InChI is InChI=1S/C12H16N2O3/c1-14(12(13)17)8-10(11(15)16)7-9-5-3-2-4-6-9/h2-6,10H,7-8H2,1H3,(H2,13,17)(H,15,16). The molecule has 0 saturated heterocycles. The Bertz CT molecular complexity index is 392. The number of carboxylic acid groups (broad SMARTS) is 1. The van der Waals surface area contributed by atoms with E-state index in [-0.39, 0.29) is 6.54 Å². The van der Waals surface area contributed by atoms with Gasteiger partial charge in [0, 0.05) is 13.6 Å². The van der Waals surface area contributed by atoms with Crippen LogP contribution in [0.2, 0.25) is 0 Å². The smallest absolute Gasteiger partial charge is 0.314 e. The van der Waals surface area contributed by atoms with Crippen molar-refractivity contribution in [3.63, 3.8) is 0 Å². The summed E-state index contributed by atoms with van der Waals surface area (Å²) in [5.74, 6) is -1.57. The van der Waals surface area contributed by atoms with E-state index >= 15 is 0 Å². The monoisotopic (exact) mass is 236 g/mol. The van der Waals surface area contributed by atoms with Crippen molar-refractivity contribution < 1.29 is 14.7 Å². The number of nitrogens with two attached hydrogens (primary N) is 1. The van der Waals surface area contributed by atoms with Gasteiger partial charge < -0.3 is 15.7 Å².